The molecule has 2 rings (SSSR count). The van der Waals surface area contributed by atoms with Crippen LogP contribution < -0.4 is 5.32 Å². The Bertz CT molecular complexity index is 784. The highest BCUT2D eigenvalue weighted by molar-refractivity contribution is 7.90. The van der Waals surface area contributed by atoms with Crippen LogP contribution >= 0.6 is 0 Å². The molecule has 1 N–H and O–H groups in total. The fourth-order valence-corrected chi connectivity index (χ4v) is 2.81. The van der Waals surface area contributed by atoms with E-state index in [1.165, 1.54) is 12.1 Å². The first-order valence-electron chi connectivity index (χ1n) is 7.05. The Labute approximate surface area is 134 Å². The normalized spacial score (nSPS) is 12.8. The lowest BCUT2D eigenvalue weighted by Crippen LogP contribution is -2.17. The standard InChI is InChI=1S/C15H18N2O5S/c1-11(5-6-12-4-3-9-22-12)16-14-8-7-13(23(2,20)21)10-15(14)17(18)19/h3-4,7-11,16H,5-6H2,1-2H3/t11-/m1/s1. The minimum atomic E-state index is -3.49. The van der Waals surface area contributed by atoms with Gasteiger partial charge in [-0.3, -0.25) is 10.1 Å². The van der Waals surface area contributed by atoms with Crippen molar-refractivity contribution in [3.05, 3.63) is 52.5 Å². The summed E-state index contributed by atoms with van der Waals surface area (Å²) in [7, 11) is -3.49. The smallest absolute Gasteiger partial charge is 0.293 e. The molecular formula is C15H18N2O5S. The molecule has 0 fully saturated rings. The molecular weight excluding hydrogens is 320 g/mol. The monoisotopic (exact) mass is 338 g/mol. The zero-order valence-electron chi connectivity index (χ0n) is 12.9. The lowest BCUT2D eigenvalue weighted by Gasteiger charge is -2.15. The average Bonchev–Trinajstić information content (AvgIpc) is 2.97. The molecule has 0 radical (unpaired) electrons. The molecule has 1 aromatic carbocycles. The zero-order valence-corrected chi connectivity index (χ0v) is 13.7. The quantitative estimate of drug-likeness (QED) is 0.615. The molecule has 1 atom stereocenters. The highest BCUT2D eigenvalue weighted by Crippen LogP contribution is 2.28. The van der Waals surface area contributed by atoms with Crippen LogP contribution in [0.25, 0.3) is 0 Å². The number of hydrogen-bond acceptors (Lipinski definition) is 6. The number of furan rings is 1. The minimum Gasteiger partial charge on any atom is -0.469 e. The Morgan fingerprint density at radius 2 is 2.09 bits per heavy atom. The predicted octanol–water partition coefficient (Wildman–Crippen LogP) is 3.02. The number of nitro groups is 1. The van der Waals surface area contributed by atoms with Crippen LogP contribution in [0.1, 0.15) is 19.1 Å². The Balaban J connectivity index is 2.13. The van der Waals surface area contributed by atoms with Crippen molar-refractivity contribution in [3.8, 4) is 0 Å². The summed E-state index contributed by atoms with van der Waals surface area (Å²) in [5, 5.41) is 14.2. The Morgan fingerprint density at radius 3 is 2.65 bits per heavy atom. The molecule has 7 nitrogen and oxygen atoms in total. The number of nitro benzene ring substituents is 1. The number of benzene rings is 1. The molecule has 0 saturated heterocycles. The summed E-state index contributed by atoms with van der Waals surface area (Å²) in [6.45, 7) is 1.90. The van der Waals surface area contributed by atoms with Crippen molar-refractivity contribution in [2.75, 3.05) is 11.6 Å². The number of hydrogen-bond donors (Lipinski definition) is 1. The van der Waals surface area contributed by atoms with Crippen molar-refractivity contribution in [1.82, 2.24) is 0 Å². The molecule has 0 aliphatic heterocycles. The van der Waals surface area contributed by atoms with Crippen molar-refractivity contribution >= 4 is 21.2 Å². The van der Waals surface area contributed by atoms with Gasteiger partial charge >= 0.3 is 0 Å². The molecule has 0 saturated carbocycles. The first kappa shape index (κ1) is 17.0. The second kappa shape index (κ2) is 6.82. The summed E-state index contributed by atoms with van der Waals surface area (Å²) in [6.07, 6.45) is 4.04. The van der Waals surface area contributed by atoms with E-state index in [9.17, 15) is 18.5 Å². The van der Waals surface area contributed by atoms with Crippen LogP contribution in [-0.2, 0) is 16.3 Å². The van der Waals surface area contributed by atoms with Gasteiger partial charge in [0.15, 0.2) is 9.84 Å². The molecule has 2 aromatic rings. The summed E-state index contributed by atoms with van der Waals surface area (Å²) in [5.41, 5.74) is 0.0483. The molecule has 0 aliphatic rings. The molecule has 0 spiro atoms. The number of rotatable bonds is 7. The van der Waals surface area contributed by atoms with Crippen LogP contribution in [0.2, 0.25) is 0 Å². The second-order valence-electron chi connectivity index (χ2n) is 5.37. The molecule has 23 heavy (non-hydrogen) atoms. The van der Waals surface area contributed by atoms with E-state index >= 15 is 0 Å². The van der Waals surface area contributed by atoms with Crippen molar-refractivity contribution in [2.24, 2.45) is 0 Å². The molecule has 8 heteroatoms. The summed E-state index contributed by atoms with van der Waals surface area (Å²) in [5.74, 6) is 0.848. The number of aryl methyl sites for hydroxylation is 1. The third-order valence-electron chi connectivity index (χ3n) is 3.40. The molecule has 0 bridgehead atoms. The maximum Gasteiger partial charge on any atom is 0.293 e. The summed E-state index contributed by atoms with van der Waals surface area (Å²) >= 11 is 0. The SMILES string of the molecule is C[C@H](CCc1ccco1)Nc1ccc(S(C)(=O)=O)cc1[N+](=O)[O-]. The van der Waals surface area contributed by atoms with Gasteiger partial charge in [0.25, 0.3) is 5.69 Å². The zero-order chi connectivity index (χ0) is 17.0. The van der Waals surface area contributed by atoms with E-state index in [0.717, 1.165) is 24.5 Å². The first-order chi connectivity index (χ1) is 10.8. The van der Waals surface area contributed by atoms with E-state index in [1.54, 1.807) is 6.26 Å². The van der Waals surface area contributed by atoms with Gasteiger partial charge in [0.2, 0.25) is 0 Å². The number of sulfone groups is 1. The second-order valence-corrected chi connectivity index (χ2v) is 7.39. The van der Waals surface area contributed by atoms with Crippen molar-refractivity contribution in [2.45, 2.75) is 30.7 Å². The molecule has 0 unspecified atom stereocenters. The summed E-state index contributed by atoms with van der Waals surface area (Å²) in [6, 6.07) is 7.51. The van der Waals surface area contributed by atoms with Crippen LogP contribution in [0.4, 0.5) is 11.4 Å². The van der Waals surface area contributed by atoms with Crippen molar-refractivity contribution < 1.29 is 17.8 Å². The number of nitrogens with one attached hydrogen (secondary N) is 1. The summed E-state index contributed by atoms with van der Waals surface area (Å²) < 4.78 is 28.3. The van der Waals surface area contributed by atoms with Gasteiger partial charge in [-0.2, -0.15) is 0 Å². The predicted molar refractivity (Wildman–Crippen MR) is 86.3 cm³/mol. The van der Waals surface area contributed by atoms with E-state index in [1.807, 2.05) is 19.1 Å². The Hall–Kier alpha value is -2.35. The van der Waals surface area contributed by atoms with Gasteiger partial charge in [-0.1, -0.05) is 0 Å². The fourth-order valence-electron chi connectivity index (χ4n) is 2.17. The minimum absolute atomic E-state index is 0.0390. The van der Waals surface area contributed by atoms with E-state index in [2.05, 4.69) is 5.32 Å². The van der Waals surface area contributed by atoms with Crippen LogP contribution in [-0.4, -0.2) is 25.6 Å². The third-order valence-corrected chi connectivity index (χ3v) is 4.51. The van der Waals surface area contributed by atoms with E-state index < -0.39 is 14.8 Å². The molecule has 0 amide bonds. The van der Waals surface area contributed by atoms with Crippen LogP contribution in [0.15, 0.2) is 45.9 Å². The van der Waals surface area contributed by atoms with Gasteiger partial charge < -0.3 is 9.73 Å². The van der Waals surface area contributed by atoms with E-state index in [0.29, 0.717) is 12.1 Å². The topological polar surface area (TPSA) is 102 Å². The molecule has 124 valence electrons. The van der Waals surface area contributed by atoms with Crippen molar-refractivity contribution in [1.29, 1.82) is 0 Å². The Kier molecular flexibility index (Phi) is 5.05. The van der Waals surface area contributed by atoms with Crippen LogP contribution in [0, 0.1) is 10.1 Å². The largest absolute Gasteiger partial charge is 0.469 e. The van der Waals surface area contributed by atoms with E-state index in [-0.39, 0.29) is 16.6 Å². The maximum absolute atomic E-state index is 11.5. The molecule has 1 heterocycles. The molecule has 0 aliphatic carbocycles. The van der Waals surface area contributed by atoms with Crippen LogP contribution in [0.5, 0.6) is 0 Å². The lowest BCUT2D eigenvalue weighted by molar-refractivity contribution is -0.384. The van der Waals surface area contributed by atoms with Gasteiger partial charge in [0.1, 0.15) is 11.4 Å². The van der Waals surface area contributed by atoms with Crippen molar-refractivity contribution in [3.63, 3.8) is 0 Å². The van der Waals surface area contributed by atoms with E-state index in [4.69, 9.17) is 4.42 Å². The highest BCUT2D eigenvalue weighted by atomic mass is 32.2. The van der Waals surface area contributed by atoms with Gasteiger partial charge in [0, 0.05) is 24.8 Å². The number of nitrogens with zero attached hydrogens (tertiary/aromatic N) is 1. The number of anilines is 1. The summed E-state index contributed by atoms with van der Waals surface area (Å²) in [4.78, 5) is 10.5. The third kappa shape index (κ3) is 4.56. The Morgan fingerprint density at radius 1 is 1.35 bits per heavy atom. The molecule has 1 aromatic heterocycles. The first-order valence-corrected chi connectivity index (χ1v) is 8.94. The van der Waals surface area contributed by atoms with Gasteiger partial charge in [0.05, 0.1) is 16.1 Å². The van der Waals surface area contributed by atoms with Gasteiger partial charge in [-0.15, -0.1) is 0 Å². The highest BCUT2D eigenvalue weighted by Gasteiger charge is 2.19. The maximum atomic E-state index is 11.5. The average molecular weight is 338 g/mol. The van der Waals surface area contributed by atoms with Gasteiger partial charge in [-0.25, -0.2) is 8.42 Å². The van der Waals surface area contributed by atoms with Gasteiger partial charge in [-0.05, 0) is 37.6 Å². The fraction of sp³-hybridized carbons (Fsp3) is 0.333. The van der Waals surface area contributed by atoms with Crippen LogP contribution in [0.3, 0.4) is 0 Å². The lowest BCUT2D eigenvalue weighted by atomic mass is 10.1.